The second-order valence-corrected chi connectivity index (χ2v) is 5.49. The van der Waals surface area contributed by atoms with E-state index in [2.05, 4.69) is 5.32 Å². The number of hydrogen-bond donors (Lipinski definition) is 1. The van der Waals surface area contributed by atoms with Gasteiger partial charge in [0, 0.05) is 38.8 Å². The Hall–Kier alpha value is -2.08. The van der Waals surface area contributed by atoms with Crippen LogP contribution in [0.5, 0.6) is 5.75 Å². The van der Waals surface area contributed by atoms with Crippen molar-refractivity contribution >= 4 is 17.5 Å². The van der Waals surface area contributed by atoms with E-state index in [9.17, 15) is 9.59 Å². The molecule has 6 nitrogen and oxygen atoms in total. The van der Waals surface area contributed by atoms with Gasteiger partial charge in [0.25, 0.3) is 5.91 Å². The molecule has 2 rings (SSSR count). The number of carbonyl (C=O) groups is 2. The van der Waals surface area contributed by atoms with E-state index in [1.54, 1.807) is 32.3 Å². The van der Waals surface area contributed by atoms with Gasteiger partial charge in [-0.3, -0.25) is 9.59 Å². The maximum absolute atomic E-state index is 12.3. The van der Waals surface area contributed by atoms with Crippen molar-refractivity contribution in [3.63, 3.8) is 0 Å². The molecule has 2 amide bonds. The Kier molecular flexibility index (Phi) is 5.38. The molecule has 1 aromatic carbocycles. The fourth-order valence-corrected chi connectivity index (χ4v) is 2.39. The summed E-state index contributed by atoms with van der Waals surface area (Å²) in [5.41, 5.74) is 1.03. The van der Waals surface area contributed by atoms with Gasteiger partial charge in [-0.15, -0.1) is 0 Å². The minimum Gasteiger partial charge on any atom is -0.495 e. The zero-order valence-corrected chi connectivity index (χ0v) is 13.2. The molecule has 1 aromatic rings. The highest BCUT2D eigenvalue weighted by Gasteiger charge is 2.23. The molecule has 1 saturated heterocycles. The number of nitrogens with zero attached hydrogens (tertiary/aromatic N) is 1. The third kappa shape index (κ3) is 3.76. The Morgan fingerprint density at radius 1 is 1.27 bits per heavy atom. The summed E-state index contributed by atoms with van der Waals surface area (Å²) in [4.78, 5) is 25.9. The molecule has 0 bridgehead atoms. The number of rotatable bonds is 4. The van der Waals surface area contributed by atoms with E-state index in [0.717, 1.165) is 0 Å². The second kappa shape index (κ2) is 7.26. The second-order valence-electron chi connectivity index (χ2n) is 5.49. The van der Waals surface area contributed by atoms with E-state index >= 15 is 0 Å². The maximum atomic E-state index is 12.3. The number of methoxy groups -OCH3 is 1. The molecule has 22 heavy (non-hydrogen) atoms. The van der Waals surface area contributed by atoms with Crippen LogP contribution in [0.15, 0.2) is 18.2 Å². The molecule has 0 unspecified atom stereocenters. The van der Waals surface area contributed by atoms with Gasteiger partial charge in [-0.2, -0.15) is 0 Å². The molecule has 6 heteroatoms. The molecule has 0 radical (unpaired) electrons. The first-order valence-corrected chi connectivity index (χ1v) is 7.31. The highest BCUT2D eigenvalue weighted by molar-refractivity contribution is 5.98. The number of carbonyl (C=O) groups excluding carboxylic acids is 2. The van der Waals surface area contributed by atoms with Crippen LogP contribution in [-0.4, -0.2) is 51.1 Å². The fourth-order valence-electron chi connectivity index (χ4n) is 2.39. The highest BCUT2D eigenvalue weighted by Crippen LogP contribution is 2.27. The number of hydrogen-bond acceptors (Lipinski definition) is 4. The van der Waals surface area contributed by atoms with Gasteiger partial charge >= 0.3 is 0 Å². The van der Waals surface area contributed by atoms with E-state index in [1.807, 2.05) is 0 Å². The molecule has 1 fully saturated rings. The summed E-state index contributed by atoms with van der Waals surface area (Å²) < 4.78 is 10.5. The van der Waals surface area contributed by atoms with Gasteiger partial charge in [0.05, 0.1) is 12.8 Å². The monoisotopic (exact) mass is 306 g/mol. The lowest BCUT2D eigenvalue weighted by Gasteiger charge is -2.22. The Bertz CT molecular complexity index is 551. The van der Waals surface area contributed by atoms with Gasteiger partial charge in [-0.25, -0.2) is 0 Å². The van der Waals surface area contributed by atoms with Crippen molar-refractivity contribution < 1.29 is 19.1 Å². The van der Waals surface area contributed by atoms with Gasteiger partial charge in [0.2, 0.25) is 5.91 Å². The highest BCUT2D eigenvalue weighted by atomic mass is 16.5. The molecule has 1 aliphatic heterocycles. The predicted molar refractivity (Wildman–Crippen MR) is 83.2 cm³/mol. The van der Waals surface area contributed by atoms with Crippen molar-refractivity contribution in [3.8, 4) is 5.75 Å². The van der Waals surface area contributed by atoms with Crippen molar-refractivity contribution in [2.75, 3.05) is 39.7 Å². The average molecular weight is 306 g/mol. The van der Waals surface area contributed by atoms with E-state index in [0.29, 0.717) is 43.1 Å². The lowest BCUT2D eigenvalue weighted by atomic mass is 9.99. The third-order valence-electron chi connectivity index (χ3n) is 3.70. The van der Waals surface area contributed by atoms with Gasteiger partial charge in [-0.05, 0) is 31.0 Å². The quantitative estimate of drug-likeness (QED) is 0.920. The summed E-state index contributed by atoms with van der Waals surface area (Å²) in [5, 5.41) is 2.88. The minimum atomic E-state index is -0.121. The van der Waals surface area contributed by atoms with Gasteiger partial charge in [0.1, 0.15) is 5.75 Å². The summed E-state index contributed by atoms with van der Waals surface area (Å²) in [6.45, 7) is 1.21. The molecule has 0 spiro atoms. The average Bonchev–Trinajstić information content (AvgIpc) is 2.54. The van der Waals surface area contributed by atoms with Crippen molar-refractivity contribution in [1.82, 2.24) is 4.90 Å². The first-order chi connectivity index (χ1) is 10.5. The summed E-state index contributed by atoms with van der Waals surface area (Å²) >= 11 is 0. The molecule has 120 valence electrons. The zero-order chi connectivity index (χ0) is 16.1. The Labute approximate surface area is 130 Å². The summed E-state index contributed by atoms with van der Waals surface area (Å²) in [6, 6.07) is 5.03. The molecule has 1 heterocycles. The Balaban J connectivity index is 2.18. The molecule has 0 saturated carbocycles. The molecular formula is C16H22N2O4. The van der Waals surface area contributed by atoms with Gasteiger partial charge in [0.15, 0.2) is 0 Å². The summed E-state index contributed by atoms with van der Waals surface area (Å²) in [6.07, 6.45) is 1.43. The van der Waals surface area contributed by atoms with Gasteiger partial charge in [-0.1, -0.05) is 0 Å². The summed E-state index contributed by atoms with van der Waals surface area (Å²) in [5.74, 6) is 0.294. The Morgan fingerprint density at radius 2 is 1.95 bits per heavy atom. The van der Waals surface area contributed by atoms with Crippen molar-refractivity contribution in [2.24, 2.45) is 5.92 Å². The van der Waals surface area contributed by atoms with E-state index < -0.39 is 0 Å². The molecule has 1 N–H and O–H groups in total. The third-order valence-corrected chi connectivity index (χ3v) is 3.70. The maximum Gasteiger partial charge on any atom is 0.253 e. The van der Waals surface area contributed by atoms with Crippen molar-refractivity contribution in [3.05, 3.63) is 23.8 Å². The first kappa shape index (κ1) is 16.3. The minimum absolute atomic E-state index is 0.0592. The van der Waals surface area contributed by atoms with Crippen LogP contribution >= 0.6 is 0 Å². The van der Waals surface area contributed by atoms with Crippen LogP contribution in [0, 0.1) is 5.92 Å². The van der Waals surface area contributed by atoms with Crippen LogP contribution in [0.1, 0.15) is 23.2 Å². The number of ether oxygens (including phenoxy) is 2. The van der Waals surface area contributed by atoms with E-state index in [1.165, 1.54) is 12.0 Å². The Morgan fingerprint density at radius 3 is 2.55 bits per heavy atom. The van der Waals surface area contributed by atoms with E-state index in [-0.39, 0.29) is 17.7 Å². The van der Waals surface area contributed by atoms with Crippen LogP contribution in [0.3, 0.4) is 0 Å². The van der Waals surface area contributed by atoms with Crippen LogP contribution in [-0.2, 0) is 9.53 Å². The number of benzene rings is 1. The van der Waals surface area contributed by atoms with Gasteiger partial charge < -0.3 is 19.7 Å². The summed E-state index contributed by atoms with van der Waals surface area (Å²) in [7, 11) is 4.91. The standard InChI is InChI=1S/C16H22N2O4/c1-18(2)16(20)12-4-5-14(21-3)13(10-12)17-15(19)11-6-8-22-9-7-11/h4-5,10-11H,6-9H2,1-3H3,(H,17,19). The normalized spacial score (nSPS) is 15.2. The lowest BCUT2D eigenvalue weighted by Crippen LogP contribution is -2.29. The zero-order valence-electron chi connectivity index (χ0n) is 13.2. The van der Waals surface area contributed by atoms with Crippen LogP contribution in [0.25, 0.3) is 0 Å². The lowest BCUT2D eigenvalue weighted by molar-refractivity contribution is -0.122. The number of amides is 2. The van der Waals surface area contributed by atoms with Crippen molar-refractivity contribution in [1.29, 1.82) is 0 Å². The first-order valence-electron chi connectivity index (χ1n) is 7.31. The molecule has 0 aromatic heterocycles. The largest absolute Gasteiger partial charge is 0.495 e. The number of anilines is 1. The molecule has 0 atom stereocenters. The topological polar surface area (TPSA) is 67.9 Å². The van der Waals surface area contributed by atoms with E-state index in [4.69, 9.17) is 9.47 Å². The van der Waals surface area contributed by atoms with Crippen LogP contribution in [0.2, 0.25) is 0 Å². The number of nitrogens with one attached hydrogen (secondary N) is 1. The molecular weight excluding hydrogens is 284 g/mol. The smallest absolute Gasteiger partial charge is 0.253 e. The predicted octanol–water partition coefficient (Wildman–Crippen LogP) is 1.76. The van der Waals surface area contributed by atoms with Crippen molar-refractivity contribution in [2.45, 2.75) is 12.8 Å². The SMILES string of the molecule is COc1ccc(C(=O)N(C)C)cc1NC(=O)C1CCOCC1. The fraction of sp³-hybridized carbons (Fsp3) is 0.500. The van der Waals surface area contributed by atoms with Crippen LogP contribution < -0.4 is 10.1 Å². The van der Waals surface area contributed by atoms with Crippen LogP contribution in [0.4, 0.5) is 5.69 Å². The molecule has 0 aliphatic carbocycles. The molecule has 1 aliphatic rings.